The van der Waals surface area contributed by atoms with Gasteiger partial charge < -0.3 is 10.6 Å². The molecule has 1 aliphatic rings. The summed E-state index contributed by atoms with van der Waals surface area (Å²) >= 11 is 6.03. The van der Waals surface area contributed by atoms with Crippen LogP contribution >= 0.6 is 11.6 Å². The molecule has 150 valence electrons. The van der Waals surface area contributed by atoms with E-state index in [4.69, 9.17) is 11.6 Å². The van der Waals surface area contributed by atoms with Crippen molar-refractivity contribution in [3.05, 3.63) is 75.4 Å². The monoisotopic (exact) mass is 407 g/mol. The quantitative estimate of drug-likeness (QED) is 0.482. The van der Waals surface area contributed by atoms with E-state index in [0.717, 1.165) is 36.1 Å². The summed E-state index contributed by atoms with van der Waals surface area (Å²) in [5.74, 6) is -0.385. The maximum absolute atomic E-state index is 12.7. The van der Waals surface area contributed by atoms with Crippen molar-refractivity contribution in [2.75, 3.05) is 5.32 Å². The van der Waals surface area contributed by atoms with Gasteiger partial charge in [-0.15, -0.1) is 0 Å². The minimum absolute atomic E-state index is 0.0285. The molecule has 3 rings (SSSR count). The van der Waals surface area contributed by atoms with Crippen molar-refractivity contribution in [1.29, 1.82) is 5.26 Å². The zero-order valence-corrected chi connectivity index (χ0v) is 17.6. The average Bonchev–Trinajstić information content (AvgIpc) is 2.74. The lowest BCUT2D eigenvalue weighted by molar-refractivity contribution is -0.117. The summed E-state index contributed by atoms with van der Waals surface area (Å²) < 4.78 is 0. The van der Waals surface area contributed by atoms with E-state index in [0.29, 0.717) is 5.02 Å². The summed E-state index contributed by atoms with van der Waals surface area (Å²) in [5, 5.41) is 16.1. The molecule has 2 aromatic carbocycles. The molecule has 0 bridgehead atoms. The van der Waals surface area contributed by atoms with E-state index in [1.165, 1.54) is 30.2 Å². The van der Waals surface area contributed by atoms with Crippen molar-refractivity contribution < 1.29 is 4.79 Å². The van der Waals surface area contributed by atoms with E-state index in [9.17, 15) is 10.1 Å². The molecule has 5 heteroatoms. The predicted molar refractivity (Wildman–Crippen MR) is 118 cm³/mol. The first-order valence-electron chi connectivity index (χ1n) is 10.1. The number of halogens is 1. The minimum atomic E-state index is -0.385. The Labute approximate surface area is 177 Å². The fraction of sp³-hybridized carbons (Fsp3) is 0.333. The maximum atomic E-state index is 12.7. The van der Waals surface area contributed by atoms with E-state index in [2.05, 4.69) is 28.8 Å². The van der Waals surface area contributed by atoms with Crippen LogP contribution in [-0.4, -0.2) is 5.91 Å². The SMILES string of the molecule is CCC(NC(=O)/C(C#N)=C\Nc1cc(Cl)ccc1C)c1ccc2c(c1)CCCC2. The molecule has 1 aliphatic carbocycles. The Balaban J connectivity index is 1.73. The van der Waals surface area contributed by atoms with Crippen molar-refractivity contribution in [3.8, 4) is 6.07 Å². The van der Waals surface area contributed by atoms with Crippen LogP contribution in [0.25, 0.3) is 0 Å². The number of aryl methyl sites for hydroxylation is 3. The lowest BCUT2D eigenvalue weighted by atomic mass is 9.88. The smallest absolute Gasteiger partial charge is 0.263 e. The summed E-state index contributed by atoms with van der Waals surface area (Å²) in [5.41, 5.74) is 5.66. The van der Waals surface area contributed by atoms with Gasteiger partial charge in [-0.1, -0.05) is 42.8 Å². The fourth-order valence-corrected chi connectivity index (χ4v) is 3.85. The van der Waals surface area contributed by atoms with Crippen LogP contribution in [-0.2, 0) is 17.6 Å². The zero-order chi connectivity index (χ0) is 20.8. The molecule has 0 fully saturated rings. The molecule has 1 amide bonds. The first kappa shape index (κ1) is 21.0. The summed E-state index contributed by atoms with van der Waals surface area (Å²) in [6, 6.07) is 13.8. The topological polar surface area (TPSA) is 64.9 Å². The molecule has 2 aromatic rings. The average molecular weight is 408 g/mol. The molecule has 0 aliphatic heterocycles. The number of fused-ring (bicyclic) bond motifs is 1. The predicted octanol–water partition coefficient (Wildman–Crippen LogP) is 5.61. The second-order valence-electron chi connectivity index (χ2n) is 7.44. The van der Waals surface area contributed by atoms with E-state index >= 15 is 0 Å². The number of benzene rings is 2. The normalized spacial score (nSPS) is 14.5. The summed E-state index contributed by atoms with van der Waals surface area (Å²) in [6.07, 6.45) is 6.89. The van der Waals surface area contributed by atoms with Gasteiger partial charge >= 0.3 is 0 Å². The van der Waals surface area contributed by atoms with Gasteiger partial charge in [0.05, 0.1) is 6.04 Å². The molecular formula is C24H26ClN3O. The highest BCUT2D eigenvalue weighted by Gasteiger charge is 2.18. The fourth-order valence-electron chi connectivity index (χ4n) is 3.68. The molecule has 0 spiro atoms. The van der Waals surface area contributed by atoms with Gasteiger partial charge in [-0.3, -0.25) is 4.79 Å². The zero-order valence-electron chi connectivity index (χ0n) is 16.9. The molecule has 0 saturated heterocycles. The largest absolute Gasteiger partial charge is 0.360 e. The lowest BCUT2D eigenvalue weighted by Crippen LogP contribution is -2.29. The summed E-state index contributed by atoms with van der Waals surface area (Å²) in [6.45, 7) is 3.97. The van der Waals surface area contributed by atoms with Crippen LogP contribution in [0.1, 0.15) is 54.5 Å². The third-order valence-electron chi connectivity index (χ3n) is 5.43. The van der Waals surface area contributed by atoms with Gasteiger partial charge in [0.25, 0.3) is 5.91 Å². The van der Waals surface area contributed by atoms with Crippen LogP contribution in [0, 0.1) is 18.3 Å². The number of hydrogen-bond donors (Lipinski definition) is 2. The first-order valence-corrected chi connectivity index (χ1v) is 10.4. The van der Waals surface area contributed by atoms with Crippen molar-refractivity contribution in [1.82, 2.24) is 5.32 Å². The van der Waals surface area contributed by atoms with Crippen LogP contribution in [0.15, 0.2) is 48.2 Å². The highest BCUT2D eigenvalue weighted by molar-refractivity contribution is 6.30. The number of anilines is 1. The van der Waals surface area contributed by atoms with Crippen molar-refractivity contribution in [2.45, 2.75) is 52.0 Å². The highest BCUT2D eigenvalue weighted by atomic mass is 35.5. The number of carbonyl (C=O) groups is 1. The number of nitriles is 1. The van der Waals surface area contributed by atoms with Gasteiger partial charge in [-0.05, 0) is 73.4 Å². The van der Waals surface area contributed by atoms with Crippen LogP contribution in [0.4, 0.5) is 5.69 Å². The molecule has 29 heavy (non-hydrogen) atoms. The molecule has 1 atom stereocenters. The highest BCUT2D eigenvalue weighted by Crippen LogP contribution is 2.26. The Kier molecular flexibility index (Phi) is 6.95. The van der Waals surface area contributed by atoms with E-state index in [-0.39, 0.29) is 17.5 Å². The Hall–Kier alpha value is -2.77. The van der Waals surface area contributed by atoms with E-state index in [1.54, 1.807) is 12.1 Å². The van der Waals surface area contributed by atoms with Gasteiger partial charge in [0.1, 0.15) is 11.6 Å². The minimum Gasteiger partial charge on any atom is -0.360 e. The Morgan fingerprint density at radius 3 is 2.69 bits per heavy atom. The van der Waals surface area contributed by atoms with Crippen molar-refractivity contribution in [3.63, 3.8) is 0 Å². The summed E-state index contributed by atoms with van der Waals surface area (Å²) in [4.78, 5) is 12.7. The molecular weight excluding hydrogens is 382 g/mol. The standard InChI is InChI=1S/C24H26ClN3O/c1-3-22(19-10-9-17-6-4-5-7-18(17)12-19)28-24(29)20(14-26)15-27-23-13-21(25)11-8-16(23)2/h8-13,15,22,27H,3-7H2,1-2H3,(H,28,29)/b20-15-. The van der Waals surface area contributed by atoms with Gasteiger partial charge in [-0.2, -0.15) is 5.26 Å². The maximum Gasteiger partial charge on any atom is 0.263 e. The number of carbonyl (C=O) groups excluding carboxylic acids is 1. The van der Waals surface area contributed by atoms with Crippen LogP contribution < -0.4 is 10.6 Å². The number of rotatable bonds is 6. The number of nitrogens with zero attached hydrogens (tertiary/aromatic N) is 1. The van der Waals surface area contributed by atoms with E-state index < -0.39 is 0 Å². The van der Waals surface area contributed by atoms with Crippen LogP contribution in [0.5, 0.6) is 0 Å². The van der Waals surface area contributed by atoms with Crippen LogP contribution in [0.2, 0.25) is 5.02 Å². The molecule has 0 saturated carbocycles. The van der Waals surface area contributed by atoms with E-state index in [1.807, 2.05) is 26.0 Å². The Bertz CT molecular complexity index is 975. The summed E-state index contributed by atoms with van der Waals surface area (Å²) in [7, 11) is 0. The second-order valence-corrected chi connectivity index (χ2v) is 7.88. The van der Waals surface area contributed by atoms with Crippen LogP contribution in [0.3, 0.4) is 0 Å². The molecule has 0 aromatic heterocycles. The molecule has 4 nitrogen and oxygen atoms in total. The molecule has 0 heterocycles. The number of hydrogen-bond acceptors (Lipinski definition) is 3. The van der Waals surface area contributed by atoms with Crippen molar-refractivity contribution in [2.24, 2.45) is 0 Å². The lowest BCUT2D eigenvalue weighted by Gasteiger charge is -2.21. The molecule has 1 unspecified atom stereocenters. The van der Waals surface area contributed by atoms with Gasteiger partial charge in [0, 0.05) is 16.9 Å². The first-order chi connectivity index (χ1) is 14.0. The van der Waals surface area contributed by atoms with Gasteiger partial charge in [-0.25, -0.2) is 0 Å². The molecule has 2 N–H and O–H groups in total. The Morgan fingerprint density at radius 2 is 1.97 bits per heavy atom. The third-order valence-corrected chi connectivity index (χ3v) is 5.66. The number of amides is 1. The molecule has 0 radical (unpaired) electrons. The van der Waals surface area contributed by atoms with Gasteiger partial charge in [0.15, 0.2) is 0 Å². The van der Waals surface area contributed by atoms with Crippen molar-refractivity contribution >= 4 is 23.2 Å². The number of nitrogens with one attached hydrogen (secondary N) is 2. The second kappa shape index (κ2) is 9.62. The Morgan fingerprint density at radius 1 is 1.21 bits per heavy atom. The van der Waals surface area contributed by atoms with Gasteiger partial charge in [0.2, 0.25) is 0 Å². The third kappa shape index (κ3) is 5.19.